The molecule has 0 bridgehead atoms. The van der Waals surface area contributed by atoms with Gasteiger partial charge in [-0.2, -0.15) is 0 Å². The Morgan fingerprint density at radius 3 is 1.24 bits per heavy atom. The van der Waals surface area contributed by atoms with Crippen molar-refractivity contribution in [1.82, 2.24) is 20.6 Å². The fourth-order valence-electron chi connectivity index (χ4n) is 3.25. The van der Waals surface area contributed by atoms with Gasteiger partial charge in [-0.1, -0.05) is 12.1 Å². The van der Waals surface area contributed by atoms with E-state index in [9.17, 15) is 28.8 Å². The highest BCUT2D eigenvalue weighted by Gasteiger charge is 2.12. The molecule has 6 N–H and O–H groups in total. The van der Waals surface area contributed by atoms with E-state index in [2.05, 4.69) is 31.2 Å². The van der Waals surface area contributed by atoms with Crippen molar-refractivity contribution in [3.8, 4) is 0 Å². The lowest BCUT2D eigenvalue weighted by Gasteiger charge is -2.05. The zero-order valence-electron chi connectivity index (χ0n) is 24.8. The highest BCUT2D eigenvalue weighted by atomic mass is 32.1. The molecule has 0 saturated carbocycles. The van der Waals surface area contributed by atoms with E-state index in [0.717, 1.165) is 0 Å². The zero-order valence-corrected chi connectivity index (χ0v) is 26.4. The van der Waals surface area contributed by atoms with Crippen LogP contribution in [0.4, 0.5) is 10.3 Å². The van der Waals surface area contributed by atoms with Crippen molar-refractivity contribution in [2.24, 2.45) is 0 Å². The van der Waals surface area contributed by atoms with Gasteiger partial charge in [-0.25, -0.2) is 9.97 Å². The van der Waals surface area contributed by atoms with Crippen molar-refractivity contribution in [2.75, 3.05) is 23.7 Å². The van der Waals surface area contributed by atoms with Gasteiger partial charge in [-0.15, -0.1) is 22.7 Å². The summed E-state index contributed by atoms with van der Waals surface area (Å²) in [6, 6.07) is 13.2. The van der Waals surface area contributed by atoms with E-state index >= 15 is 0 Å². The highest BCUT2D eigenvalue weighted by Crippen LogP contribution is 2.14. The minimum atomic E-state index is -1.08. The fourth-order valence-corrected chi connectivity index (χ4v) is 4.30. The van der Waals surface area contributed by atoms with Gasteiger partial charge in [0.05, 0.1) is 12.8 Å². The van der Waals surface area contributed by atoms with Crippen molar-refractivity contribution >= 4 is 68.5 Å². The lowest BCUT2D eigenvalue weighted by molar-refractivity contribution is -0.143. The molecule has 4 rings (SSSR count). The molecule has 242 valence electrons. The van der Waals surface area contributed by atoms with Crippen LogP contribution >= 0.6 is 22.7 Å². The number of carbonyl (C=O) groups excluding carboxylic acids is 4. The summed E-state index contributed by atoms with van der Waals surface area (Å²) in [5.41, 5.74) is 1.79. The summed E-state index contributed by atoms with van der Waals surface area (Å²) in [6.07, 6.45) is 2.64. The van der Waals surface area contributed by atoms with E-state index in [1.807, 2.05) is 13.8 Å². The molecule has 0 aliphatic heterocycles. The van der Waals surface area contributed by atoms with Crippen LogP contribution < -0.4 is 21.3 Å². The quantitative estimate of drug-likeness (QED) is 0.134. The predicted octanol–water partition coefficient (Wildman–Crippen LogP) is 4.23. The summed E-state index contributed by atoms with van der Waals surface area (Å²) < 4.78 is 0. The van der Waals surface area contributed by atoms with Crippen molar-refractivity contribution < 1.29 is 39.0 Å². The molecule has 0 aliphatic rings. The summed E-state index contributed by atoms with van der Waals surface area (Å²) >= 11 is 2.68. The zero-order chi connectivity index (χ0) is 33.9. The monoisotopic (exact) mass is 668 g/mol. The second-order valence-corrected chi connectivity index (χ2v) is 10.5. The molecule has 0 unspecified atom stereocenters. The van der Waals surface area contributed by atoms with Crippen LogP contribution in [0.15, 0.2) is 71.7 Å². The van der Waals surface area contributed by atoms with Gasteiger partial charge in [0, 0.05) is 58.5 Å². The third-order valence-corrected chi connectivity index (χ3v) is 6.68. The molecule has 2 heterocycles. The third-order valence-electron chi connectivity index (χ3n) is 5.31. The molecule has 0 aliphatic carbocycles. The first-order valence-corrected chi connectivity index (χ1v) is 15.4. The fraction of sp³-hybridized carbons (Fsp3) is 0.200. The smallest absolute Gasteiger partial charge is 0.303 e. The van der Waals surface area contributed by atoms with Gasteiger partial charge in [0.1, 0.15) is 0 Å². The summed E-state index contributed by atoms with van der Waals surface area (Å²) in [4.78, 5) is 74.5. The molecule has 46 heavy (non-hydrogen) atoms. The Morgan fingerprint density at radius 2 is 0.957 bits per heavy atom. The Kier molecular flexibility index (Phi) is 15.7. The number of hydrogen-bond donors (Lipinski definition) is 6. The summed E-state index contributed by atoms with van der Waals surface area (Å²) in [6.45, 7) is 4.79. The average molecular weight is 669 g/mol. The lowest BCUT2D eigenvalue weighted by atomic mass is 10.1. The van der Waals surface area contributed by atoms with Gasteiger partial charge in [-0.3, -0.25) is 39.4 Å². The number of thiazole rings is 2. The molecule has 4 aromatic rings. The number of nitrogens with zero attached hydrogens (tertiary/aromatic N) is 2. The first kappa shape index (κ1) is 36.7. The van der Waals surface area contributed by atoms with E-state index in [-0.39, 0.29) is 36.5 Å². The second kappa shape index (κ2) is 19.7. The van der Waals surface area contributed by atoms with Gasteiger partial charge in [-0.05, 0) is 50.2 Å². The molecule has 0 radical (unpaired) electrons. The molecular formula is C30H32N6O8S2. The van der Waals surface area contributed by atoms with E-state index in [1.165, 1.54) is 22.7 Å². The van der Waals surface area contributed by atoms with Crippen molar-refractivity contribution in [3.63, 3.8) is 0 Å². The number of rotatable bonds is 11. The van der Waals surface area contributed by atoms with Crippen LogP contribution in [0.2, 0.25) is 0 Å². The number of amides is 4. The highest BCUT2D eigenvalue weighted by molar-refractivity contribution is 7.14. The first-order valence-electron chi connectivity index (χ1n) is 13.7. The Morgan fingerprint density at radius 1 is 0.609 bits per heavy atom. The van der Waals surface area contributed by atoms with Crippen molar-refractivity contribution in [1.29, 1.82) is 0 Å². The summed E-state index contributed by atoms with van der Waals surface area (Å²) in [5.74, 6) is -3.08. The number of nitrogens with one attached hydrogen (secondary N) is 4. The maximum absolute atomic E-state index is 12.0. The van der Waals surface area contributed by atoms with Crippen LogP contribution in [0.3, 0.4) is 0 Å². The minimum Gasteiger partial charge on any atom is -0.481 e. The summed E-state index contributed by atoms with van der Waals surface area (Å²) in [5, 5.41) is 31.2. The molecule has 0 fully saturated rings. The molecular weight excluding hydrogens is 636 g/mol. The number of aromatic nitrogens is 2. The van der Waals surface area contributed by atoms with Gasteiger partial charge in [0.2, 0.25) is 0 Å². The van der Waals surface area contributed by atoms with E-state index in [0.29, 0.717) is 45.6 Å². The molecule has 0 spiro atoms. The Balaban J connectivity index is 0.000000261. The van der Waals surface area contributed by atoms with E-state index in [1.54, 1.807) is 71.7 Å². The first-order chi connectivity index (χ1) is 22.0. The maximum Gasteiger partial charge on any atom is 0.303 e. The number of hydrogen-bond acceptors (Lipinski definition) is 10. The SMILES string of the molecule is CCNC(=O)c1cccc(C(=O)Nc2nccs2)c1.CCNC(=O)c1cccc(C(=O)Nc2nccs2)c1.O=C(O)CCC(=O)O. The summed E-state index contributed by atoms with van der Waals surface area (Å²) in [7, 11) is 0. The topological polar surface area (TPSA) is 217 Å². The number of aliphatic carboxylic acids is 2. The molecule has 0 saturated heterocycles. The normalized spacial score (nSPS) is 9.70. The van der Waals surface area contributed by atoms with Crippen LogP contribution in [0.1, 0.15) is 68.1 Å². The number of benzene rings is 2. The number of carbonyl (C=O) groups is 6. The van der Waals surface area contributed by atoms with Gasteiger partial charge in [0.25, 0.3) is 23.6 Å². The molecule has 2 aromatic carbocycles. The number of carboxylic acid groups (broad SMARTS) is 2. The van der Waals surface area contributed by atoms with Crippen LogP contribution in [-0.2, 0) is 9.59 Å². The van der Waals surface area contributed by atoms with Crippen LogP contribution in [0.5, 0.6) is 0 Å². The van der Waals surface area contributed by atoms with Crippen molar-refractivity contribution in [3.05, 3.63) is 93.9 Å². The average Bonchev–Trinajstić information content (AvgIpc) is 3.76. The molecule has 0 atom stereocenters. The maximum atomic E-state index is 12.0. The van der Waals surface area contributed by atoms with Crippen molar-refractivity contribution in [2.45, 2.75) is 26.7 Å². The van der Waals surface area contributed by atoms with Crippen LogP contribution in [-0.4, -0.2) is 68.8 Å². The molecule has 2 aromatic heterocycles. The van der Waals surface area contributed by atoms with Gasteiger partial charge in [0.15, 0.2) is 10.3 Å². The van der Waals surface area contributed by atoms with Gasteiger partial charge < -0.3 is 20.8 Å². The number of anilines is 2. The lowest BCUT2D eigenvalue weighted by Crippen LogP contribution is -2.23. The third kappa shape index (κ3) is 13.4. The Labute approximate surface area is 271 Å². The Bertz CT molecular complexity index is 1490. The molecule has 16 heteroatoms. The second-order valence-electron chi connectivity index (χ2n) is 8.75. The van der Waals surface area contributed by atoms with Crippen LogP contribution in [0.25, 0.3) is 0 Å². The molecule has 14 nitrogen and oxygen atoms in total. The Hall–Kier alpha value is -5.48. The number of carboxylic acids is 2. The minimum absolute atomic E-state index is 0.189. The van der Waals surface area contributed by atoms with E-state index < -0.39 is 11.9 Å². The van der Waals surface area contributed by atoms with Gasteiger partial charge >= 0.3 is 11.9 Å². The largest absolute Gasteiger partial charge is 0.481 e. The van der Waals surface area contributed by atoms with E-state index in [4.69, 9.17) is 10.2 Å². The van der Waals surface area contributed by atoms with Crippen LogP contribution in [0, 0.1) is 0 Å². The molecule has 4 amide bonds. The predicted molar refractivity (Wildman–Crippen MR) is 174 cm³/mol. The standard InChI is InChI=1S/2C13H13N3O2S.C4H6O4/c2*1-2-14-11(17)9-4-3-5-10(8-9)12(18)16-13-15-6-7-19-13;5-3(6)1-2-4(7)8/h2*3-8H,2H2,1H3,(H,14,17)(H,15,16,18);1-2H2,(H,5,6)(H,7,8).